The molecule has 0 saturated carbocycles. The Morgan fingerprint density at radius 1 is 1.27 bits per heavy atom. The Bertz CT molecular complexity index is 874. The van der Waals surface area contributed by atoms with E-state index in [9.17, 15) is 24.1 Å². The summed E-state index contributed by atoms with van der Waals surface area (Å²) in [7, 11) is 1.35. The van der Waals surface area contributed by atoms with Gasteiger partial charge in [0.05, 0.1) is 17.7 Å². The van der Waals surface area contributed by atoms with Crippen LogP contribution in [0.2, 0.25) is 5.02 Å². The number of nitrogens with zero attached hydrogens (tertiary/aromatic N) is 1. The molecule has 0 radical (unpaired) electrons. The van der Waals surface area contributed by atoms with E-state index in [0.717, 1.165) is 18.2 Å². The highest BCUT2D eigenvalue weighted by Crippen LogP contribution is 2.24. The third-order valence-electron chi connectivity index (χ3n) is 3.15. The number of ether oxygens (including phenoxy) is 2. The molecule has 2 aromatic rings. The van der Waals surface area contributed by atoms with E-state index in [1.807, 2.05) is 0 Å². The van der Waals surface area contributed by atoms with Gasteiger partial charge in [0.15, 0.2) is 6.61 Å². The second-order valence-electron chi connectivity index (χ2n) is 4.89. The molecule has 2 rings (SSSR count). The zero-order chi connectivity index (χ0) is 19.3. The molecule has 0 aliphatic heterocycles. The Hall–Kier alpha value is -3.20. The van der Waals surface area contributed by atoms with Crippen molar-refractivity contribution in [1.29, 1.82) is 0 Å². The number of nitro groups is 1. The molecule has 0 aromatic heterocycles. The molecule has 0 heterocycles. The van der Waals surface area contributed by atoms with Crippen molar-refractivity contribution in [2.24, 2.45) is 0 Å². The maximum absolute atomic E-state index is 13.6. The zero-order valence-corrected chi connectivity index (χ0v) is 14.1. The average Bonchev–Trinajstić information content (AvgIpc) is 2.61. The summed E-state index contributed by atoms with van der Waals surface area (Å²) in [5, 5.41) is 13.1. The Morgan fingerprint density at radius 2 is 2.00 bits per heavy atom. The van der Waals surface area contributed by atoms with Crippen molar-refractivity contribution < 1.29 is 28.4 Å². The van der Waals surface area contributed by atoms with Crippen molar-refractivity contribution in [2.75, 3.05) is 19.0 Å². The van der Waals surface area contributed by atoms with Crippen molar-refractivity contribution in [3.05, 3.63) is 62.9 Å². The van der Waals surface area contributed by atoms with Crippen LogP contribution in [0.25, 0.3) is 0 Å². The Kier molecular flexibility index (Phi) is 6.07. The number of nitro benzene ring substituents is 1. The van der Waals surface area contributed by atoms with Crippen LogP contribution >= 0.6 is 11.6 Å². The average molecular weight is 383 g/mol. The number of esters is 1. The van der Waals surface area contributed by atoms with Gasteiger partial charge in [-0.3, -0.25) is 14.9 Å². The third kappa shape index (κ3) is 4.67. The summed E-state index contributed by atoms with van der Waals surface area (Å²) in [6.07, 6.45) is 0. The maximum atomic E-state index is 13.6. The van der Waals surface area contributed by atoms with Crippen LogP contribution in [-0.2, 0) is 9.53 Å². The zero-order valence-electron chi connectivity index (χ0n) is 13.3. The van der Waals surface area contributed by atoms with Crippen LogP contribution in [-0.4, -0.2) is 30.5 Å². The van der Waals surface area contributed by atoms with Gasteiger partial charge < -0.3 is 14.8 Å². The highest BCUT2D eigenvalue weighted by Gasteiger charge is 2.17. The van der Waals surface area contributed by atoms with Crippen molar-refractivity contribution in [2.45, 2.75) is 0 Å². The van der Waals surface area contributed by atoms with Gasteiger partial charge in [-0.25, -0.2) is 9.18 Å². The second-order valence-corrected chi connectivity index (χ2v) is 5.33. The van der Waals surface area contributed by atoms with Gasteiger partial charge >= 0.3 is 5.97 Å². The van der Waals surface area contributed by atoms with Gasteiger partial charge in [-0.2, -0.15) is 0 Å². The van der Waals surface area contributed by atoms with Crippen LogP contribution in [0, 0.1) is 15.9 Å². The van der Waals surface area contributed by atoms with Crippen LogP contribution in [0.1, 0.15) is 10.4 Å². The molecule has 1 amide bonds. The summed E-state index contributed by atoms with van der Waals surface area (Å²) in [5.74, 6) is -2.42. The molecular formula is C16H12ClFN2O6. The van der Waals surface area contributed by atoms with Crippen LogP contribution in [0.15, 0.2) is 36.4 Å². The van der Waals surface area contributed by atoms with Crippen LogP contribution < -0.4 is 10.1 Å². The largest absolute Gasteiger partial charge is 0.496 e. The van der Waals surface area contributed by atoms with Gasteiger partial charge in [-0.15, -0.1) is 0 Å². The number of non-ortho nitro benzene ring substituents is 1. The fourth-order valence-electron chi connectivity index (χ4n) is 1.96. The number of hydrogen-bond donors (Lipinski definition) is 1. The number of hydrogen-bond acceptors (Lipinski definition) is 6. The van der Waals surface area contributed by atoms with E-state index < -0.39 is 40.6 Å². The van der Waals surface area contributed by atoms with Crippen LogP contribution in [0.3, 0.4) is 0 Å². The van der Waals surface area contributed by atoms with Gasteiger partial charge in [0.25, 0.3) is 11.6 Å². The highest BCUT2D eigenvalue weighted by atomic mass is 35.5. The predicted molar refractivity (Wildman–Crippen MR) is 90.0 cm³/mol. The number of carbonyl (C=O) groups excluding carboxylic acids is 2. The Labute approximate surface area is 151 Å². The lowest BCUT2D eigenvalue weighted by molar-refractivity contribution is -0.384. The molecule has 0 unspecified atom stereocenters. The van der Waals surface area contributed by atoms with E-state index in [1.54, 1.807) is 0 Å². The van der Waals surface area contributed by atoms with E-state index >= 15 is 0 Å². The fraction of sp³-hybridized carbons (Fsp3) is 0.125. The van der Waals surface area contributed by atoms with E-state index in [4.69, 9.17) is 21.1 Å². The summed E-state index contributed by atoms with van der Waals surface area (Å²) in [6.45, 7) is -0.739. The molecule has 0 aliphatic carbocycles. The van der Waals surface area contributed by atoms with Crippen molar-refractivity contribution >= 4 is 34.9 Å². The SMILES string of the molecule is COc1ccc(Cl)cc1C(=O)OCC(=O)Nc1cc([N+](=O)[O-])ccc1F. The fourth-order valence-corrected chi connectivity index (χ4v) is 2.13. The van der Waals surface area contributed by atoms with Crippen molar-refractivity contribution in [3.63, 3.8) is 0 Å². The molecule has 0 atom stereocenters. The molecule has 0 bridgehead atoms. The summed E-state index contributed by atoms with van der Waals surface area (Å²) in [6, 6.07) is 6.93. The standard InChI is InChI=1S/C16H12ClFN2O6/c1-25-14-5-2-9(17)6-11(14)16(22)26-8-15(21)19-13-7-10(20(23)24)3-4-12(13)18/h2-7H,8H2,1H3,(H,19,21). The topological polar surface area (TPSA) is 108 Å². The minimum Gasteiger partial charge on any atom is -0.496 e. The molecule has 0 fully saturated rings. The minimum atomic E-state index is -0.876. The number of methoxy groups -OCH3 is 1. The monoisotopic (exact) mass is 382 g/mol. The first-order valence-electron chi connectivity index (χ1n) is 7.06. The summed E-state index contributed by atoms with van der Waals surface area (Å²) >= 11 is 5.81. The first-order chi connectivity index (χ1) is 12.3. The predicted octanol–water partition coefficient (Wildman–Crippen LogP) is 3.19. The number of rotatable bonds is 6. The van der Waals surface area contributed by atoms with Crippen LogP contribution in [0.4, 0.5) is 15.8 Å². The number of anilines is 1. The smallest absolute Gasteiger partial charge is 0.342 e. The number of halogens is 2. The van der Waals surface area contributed by atoms with Gasteiger partial charge in [0, 0.05) is 17.2 Å². The van der Waals surface area contributed by atoms with Gasteiger partial charge in [-0.05, 0) is 24.3 Å². The molecule has 0 saturated heterocycles. The van der Waals surface area contributed by atoms with Gasteiger partial charge in [0.2, 0.25) is 0 Å². The lowest BCUT2D eigenvalue weighted by Gasteiger charge is -2.10. The molecule has 26 heavy (non-hydrogen) atoms. The van der Waals surface area contributed by atoms with E-state index in [0.29, 0.717) is 0 Å². The lowest BCUT2D eigenvalue weighted by Crippen LogP contribution is -2.21. The molecule has 0 aliphatic rings. The van der Waals surface area contributed by atoms with Gasteiger partial charge in [0.1, 0.15) is 17.1 Å². The molecule has 10 heteroatoms. The minimum absolute atomic E-state index is 0.00864. The normalized spacial score (nSPS) is 10.1. The summed E-state index contributed by atoms with van der Waals surface area (Å²) < 4.78 is 23.5. The molecule has 1 N–H and O–H groups in total. The van der Waals surface area contributed by atoms with Gasteiger partial charge in [-0.1, -0.05) is 11.6 Å². The van der Waals surface area contributed by atoms with E-state index in [1.165, 1.54) is 25.3 Å². The van der Waals surface area contributed by atoms with Crippen molar-refractivity contribution in [3.8, 4) is 5.75 Å². The highest BCUT2D eigenvalue weighted by molar-refractivity contribution is 6.31. The first kappa shape index (κ1) is 19.1. The maximum Gasteiger partial charge on any atom is 0.342 e. The summed E-state index contributed by atoms with van der Waals surface area (Å²) in [5.41, 5.74) is -0.794. The molecule has 2 aromatic carbocycles. The van der Waals surface area contributed by atoms with E-state index in [-0.39, 0.29) is 16.3 Å². The van der Waals surface area contributed by atoms with Crippen LogP contribution in [0.5, 0.6) is 5.75 Å². The number of carbonyl (C=O) groups is 2. The summed E-state index contributed by atoms with van der Waals surface area (Å²) in [4.78, 5) is 33.8. The molecule has 8 nitrogen and oxygen atoms in total. The van der Waals surface area contributed by atoms with Crippen molar-refractivity contribution in [1.82, 2.24) is 0 Å². The molecular weight excluding hydrogens is 371 g/mol. The second kappa shape index (κ2) is 8.26. The number of benzene rings is 2. The number of nitrogens with one attached hydrogen (secondary N) is 1. The Balaban J connectivity index is 2.03. The quantitative estimate of drug-likeness (QED) is 0.467. The molecule has 0 spiro atoms. The third-order valence-corrected chi connectivity index (χ3v) is 3.39. The number of amides is 1. The lowest BCUT2D eigenvalue weighted by atomic mass is 10.2. The van der Waals surface area contributed by atoms with E-state index in [2.05, 4.69) is 5.32 Å². The first-order valence-corrected chi connectivity index (χ1v) is 7.44. The Morgan fingerprint density at radius 3 is 2.65 bits per heavy atom. The molecule has 136 valence electrons.